The van der Waals surface area contributed by atoms with Gasteiger partial charge in [0, 0.05) is 4.88 Å². The van der Waals surface area contributed by atoms with E-state index in [1.54, 1.807) is 0 Å². The summed E-state index contributed by atoms with van der Waals surface area (Å²) in [6.45, 7) is 4.20. The van der Waals surface area contributed by atoms with E-state index in [1.807, 2.05) is 24.3 Å². The predicted octanol–water partition coefficient (Wildman–Crippen LogP) is 6.85. The van der Waals surface area contributed by atoms with Gasteiger partial charge >= 0.3 is 12.1 Å². The number of nitrogens with one attached hydrogen (secondary N) is 1. The monoisotopic (exact) mass is 556 g/mol. The molecule has 0 bridgehead atoms. The molecule has 0 radical (unpaired) electrons. The number of rotatable bonds is 8. The van der Waals surface area contributed by atoms with Gasteiger partial charge in [-0.05, 0) is 41.7 Å². The SMILES string of the molecule is CC(C)Cc1ccc(-c2cc(NS(=O)(=O)c3ccc(-c4nocc4C(F)(F)F)s3)c(C(=O)O)s2)cc1. The zero-order chi connectivity index (χ0) is 26.3. The molecule has 190 valence electrons. The quantitative estimate of drug-likeness (QED) is 0.246. The fourth-order valence-electron chi connectivity index (χ4n) is 3.45. The van der Waals surface area contributed by atoms with Crippen molar-refractivity contribution in [2.45, 2.75) is 30.7 Å². The van der Waals surface area contributed by atoms with Gasteiger partial charge in [-0.15, -0.1) is 22.7 Å². The summed E-state index contributed by atoms with van der Waals surface area (Å²) in [7, 11) is -4.30. The maximum Gasteiger partial charge on any atom is 0.421 e. The van der Waals surface area contributed by atoms with Crippen molar-refractivity contribution >= 4 is 44.4 Å². The number of carboxylic acid groups (broad SMARTS) is 1. The Morgan fingerprint density at radius 2 is 1.81 bits per heavy atom. The Bertz CT molecular complexity index is 1500. The van der Waals surface area contributed by atoms with Crippen molar-refractivity contribution in [2.24, 2.45) is 5.92 Å². The number of halogens is 3. The molecule has 4 rings (SSSR count). The topological polar surface area (TPSA) is 110 Å². The van der Waals surface area contributed by atoms with Gasteiger partial charge in [-0.25, -0.2) is 13.2 Å². The first kappa shape index (κ1) is 25.9. The molecule has 1 aromatic carbocycles. The summed E-state index contributed by atoms with van der Waals surface area (Å²) >= 11 is 1.47. The number of carbonyl (C=O) groups is 1. The number of carboxylic acids is 1. The third kappa shape index (κ3) is 5.47. The Hall–Kier alpha value is -3.16. The molecular weight excluding hydrogens is 537 g/mol. The van der Waals surface area contributed by atoms with Crippen LogP contribution >= 0.6 is 22.7 Å². The van der Waals surface area contributed by atoms with Gasteiger partial charge < -0.3 is 9.63 Å². The molecule has 3 aromatic heterocycles. The van der Waals surface area contributed by atoms with E-state index < -0.39 is 33.4 Å². The summed E-state index contributed by atoms with van der Waals surface area (Å²) in [5.41, 5.74) is 0.0555. The van der Waals surface area contributed by atoms with Crippen LogP contribution < -0.4 is 4.72 Å². The molecule has 0 aliphatic carbocycles. The molecule has 0 fully saturated rings. The number of alkyl halides is 3. The first-order chi connectivity index (χ1) is 16.8. The second-order valence-corrected chi connectivity index (χ2v) is 12.3. The zero-order valence-electron chi connectivity index (χ0n) is 18.8. The maximum atomic E-state index is 13.2. The molecule has 0 saturated heterocycles. The van der Waals surface area contributed by atoms with E-state index in [-0.39, 0.29) is 19.7 Å². The van der Waals surface area contributed by atoms with Crippen LogP contribution in [0.5, 0.6) is 0 Å². The van der Waals surface area contributed by atoms with Gasteiger partial charge in [-0.2, -0.15) is 13.2 Å². The molecule has 0 unspecified atom stereocenters. The van der Waals surface area contributed by atoms with Gasteiger partial charge in [0.25, 0.3) is 10.0 Å². The fraction of sp³-hybridized carbons (Fsp3) is 0.217. The lowest BCUT2D eigenvalue weighted by molar-refractivity contribution is -0.137. The third-order valence-corrected chi connectivity index (χ3v) is 9.13. The minimum absolute atomic E-state index is 0.0672. The highest BCUT2D eigenvalue weighted by molar-refractivity contribution is 7.94. The van der Waals surface area contributed by atoms with E-state index in [9.17, 15) is 31.5 Å². The number of nitrogens with zero attached hydrogens (tertiary/aromatic N) is 1. The smallest absolute Gasteiger partial charge is 0.421 e. The van der Waals surface area contributed by atoms with Gasteiger partial charge in [0.15, 0.2) is 0 Å². The van der Waals surface area contributed by atoms with Gasteiger partial charge in [-0.1, -0.05) is 43.3 Å². The van der Waals surface area contributed by atoms with Crippen LogP contribution in [0.3, 0.4) is 0 Å². The van der Waals surface area contributed by atoms with E-state index in [4.69, 9.17) is 0 Å². The zero-order valence-corrected chi connectivity index (χ0v) is 21.2. The molecule has 0 saturated carbocycles. The molecular formula is C23H19F3N2O5S3. The minimum atomic E-state index is -4.73. The Labute approximate surface area is 212 Å². The molecule has 13 heteroatoms. The largest absolute Gasteiger partial charge is 0.477 e. The Balaban J connectivity index is 1.63. The predicted molar refractivity (Wildman–Crippen MR) is 131 cm³/mol. The van der Waals surface area contributed by atoms with Crippen LogP contribution in [0.2, 0.25) is 0 Å². The second-order valence-electron chi connectivity index (χ2n) is 8.25. The average Bonchev–Trinajstić information content (AvgIpc) is 3.52. The number of aromatic carboxylic acids is 1. The molecule has 7 nitrogen and oxygen atoms in total. The van der Waals surface area contributed by atoms with Crippen LogP contribution in [0.4, 0.5) is 18.9 Å². The van der Waals surface area contributed by atoms with Gasteiger partial charge in [0.1, 0.15) is 26.6 Å². The van der Waals surface area contributed by atoms with Crippen LogP contribution in [0.15, 0.2) is 57.5 Å². The van der Waals surface area contributed by atoms with Crippen LogP contribution in [-0.4, -0.2) is 24.7 Å². The van der Waals surface area contributed by atoms with Crippen molar-refractivity contribution < 1.29 is 36.0 Å². The van der Waals surface area contributed by atoms with Gasteiger partial charge in [0.2, 0.25) is 0 Å². The lowest BCUT2D eigenvalue weighted by Gasteiger charge is -2.06. The van der Waals surface area contributed by atoms with Gasteiger partial charge in [0.05, 0.1) is 10.6 Å². The van der Waals surface area contributed by atoms with E-state index in [2.05, 4.69) is 28.2 Å². The molecule has 0 spiro atoms. The molecule has 4 aromatic rings. The number of aromatic nitrogens is 1. The minimum Gasteiger partial charge on any atom is -0.477 e. The molecule has 0 aliphatic heterocycles. The molecule has 0 atom stereocenters. The Morgan fingerprint density at radius 1 is 1.11 bits per heavy atom. The van der Waals surface area contributed by atoms with Crippen LogP contribution in [-0.2, 0) is 22.6 Å². The lowest BCUT2D eigenvalue weighted by atomic mass is 10.0. The Kier molecular flexibility index (Phi) is 6.99. The summed E-state index contributed by atoms with van der Waals surface area (Å²) in [4.78, 5) is 12.1. The summed E-state index contributed by atoms with van der Waals surface area (Å²) in [5, 5.41) is 13.0. The first-order valence-corrected chi connectivity index (χ1v) is 13.6. The summed E-state index contributed by atoms with van der Waals surface area (Å²) in [6, 6.07) is 11.3. The third-order valence-electron chi connectivity index (χ3n) is 5.01. The standard InChI is InChI=1S/C23H19F3N2O5S3/c1-12(2)9-13-3-5-14(6-4-13)18-10-16(21(35-18)22(29)30)28-36(31,32)19-8-7-17(34-19)20-15(11-33-27-20)23(24,25)26/h3-8,10-12,28H,9H2,1-2H3,(H,29,30). The molecule has 0 amide bonds. The first-order valence-electron chi connectivity index (χ1n) is 10.5. The number of benzene rings is 1. The fourth-order valence-corrected chi connectivity index (χ4v) is 6.83. The van der Waals surface area contributed by atoms with E-state index in [1.165, 1.54) is 12.1 Å². The normalized spacial score (nSPS) is 12.3. The van der Waals surface area contributed by atoms with Crippen molar-refractivity contribution in [1.29, 1.82) is 0 Å². The van der Waals surface area contributed by atoms with Gasteiger partial charge in [-0.3, -0.25) is 4.72 Å². The average molecular weight is 557 g/mol. The summed E-state index contributed by atoms with van der Waals surface area (Å²) in [6.07, 6.45) is -3.40. The van der Waals surface area contributed by atoms with Crippen molar-refractivity contribution in [3.05, 3.63) is 64.7 Å². The molecule has 2 N–H and O–H groups in total. The second kappa shape index (κ2) is 9.71. The number of sulfonamides is 1. The lowest BCUT2D eigenvalue weighted by Crippen LogP contribution is -2.13. The van der Waals surface area contributed by atoms with Crippen molar-refractivity contribution in [3.63, 3.8) is 0 Å². The van der Waals surface area contributed by atoms with Crippen molar-refractivity contribution in [1.82, 2.24) is 5.16 Å². The highest BCUT2D eigenvalue weighted by Crippen LogP contribution is 2.41. The number of thiophene rings is 2. The van der Waals surface area contributed by atoms with E-state index in [0.717, 1.165) is 35.0 Å². The Morgan fingerprint density at radius 3 is 2.42 bits per heavy atom. The summed E-state index contributed by atoms with van der Waals surface area (Å²) in [5.74, 6) is -0.844. The number of hydrogen-bond donors (Lipinski definition) is 2. The van der Waals surface area contributed by atoms with Crippen molar-refractivity contribution in [2.75, 3.05) is 4.72 Å². The van der Waals surface area contributed by atoms with Crippen LogP contribution in [0.25, 0.3) is 21.0 Å². The highest BCUT2D eigenvalue weighted by atomic mass is 32.2. The molecule has 0 aliphatic rings. The van der Waals surface area contributed by atoms with E-state index >= 15 is 0 Å². The van der Waals surface area contributed by atoms with Crippen molar-refractivity contribution in [3.8, 4) is 21.0 Å². The number of hydrogen-bond acceptors (Lipinski definition) is 7. The molecule has 3 heterocycles. The van der Waals surface area contributed by atoms with Crippen LogP contribution in [0, 0.1) is 5.92 Å². The van der Waals surface area contributed by atoms with E-state index in [0.29, 0.717) is 28.4 Å². The molecule has 36 heavy (non-hydrogen) atoms. The number of anilines is 1. The van der Waals surface area contributed by atoms with Crippen LogP contribution in [0.1, 0.15) is 34.6 Å². The summed E-state index contributed by atoms with van der Waals surface area (Å²) < 4.78 is 71.8. The maximum absolute atomic E-state index is 13.2. The highest BCUT2D eigenvalue weighted by Gasteiger charge is 2.37.